The van der Waals surface area contributed by atoms with Gasteiger partial charge in [0, 0.05) is 48.7 Å². The van der Waals surface area contributed by atoms with Crippen molar-refractivity contribution >= 4 is 56.4 Å². The van der Waals surface area contributed by atoms with Crippen LogP contribution in [-0.4, -0.2) is 54.6 Å². The van der Waals surface area contributed by atoms with Gasteiger partial charge < -0.3 is 19.9 Å². The number of piperazine rings is 1. The first-order valence-corrected chi connectivity index (χ1v) is 13.3. The molecule has 9 heteroatoms. The second kappa shape index (κ2) is 12.2. The Morgan fingerprint density at radius 3 is 2.35 bits per heavy atom. The molecule has 0 aliphatic carbocycles. The van der Waals surface area contributed by atoms with Crippen molar-refractivity contribution in [2.45, 2.75) is 13.8 Å². The van der Waals surface area contributed by atoms with Crippen molar-refractivity contribution in [2.24, 2.45) is 0 Å². The monoisotopic (exact) mass is 580 g/mol. The Bertz CT molecular complexity index is 1290. The molecule has 3 aromatic carbocycles. The summed E-state index contributed by atoms with van der Waals surface area (Å²) in [6, 6.07) is 20.7. The molecule has 1 heterocycles. The summed E-state index contributed by atoms with van der Waals surface area (Å²) in [5, 5.41) is 5.98. The van der Waals surface area contributed by atoms with Gasteiger partial charge in [-0.15, -0.1) is 0 Å². The molecule has 192 valence electrons. The van der Waals surface area contributed by atoms with Crippen LogP contribution in [0.15, 0.2) is 71.2 Å². The van der Waals surface area contributed by atoms with Crippen LogP contribution in [0.2, 0.25) is 0 Å². The van der Waals surface area contributed by atoms with Crippen molar-refractivity contribution in [1.29, 1.82) is 0 Å². The van der Waals surface area contributed by atoms with Gasteiger partial charge >= 0.3 is 0 Å². The average Bonchev–Trinajstić information content (AvgIpc) is 2.90. The van der Waals surface area contributed by atoms with Gasteiger partial charge in [-0.3, -0.25) is 14.9 Å². The molecule has 3 aromatic rings. The minimum atomic E-state index is -0.309. The summed E-state index contributed by atoms with van der Waals surface area (Å²) in [5.41, 5.74) is 4.08. The Balaban J connectivity index is 1.28. The van der Waals surface area contributed by atoms with E-state index in [1.54, 1.807) is 18.2 Å². The SMILES string of the molecule is CCOc1ccc(C(=O)NC(=S)Nc2ccc(N3CCN(C(=O)c4ccccc4C)CC3)cc2)cc1Br. The van der Waals surface area contributed by atoms with Crippen molar-refractivity contribution < 1.29 is 14.3 Å². The maximum Gasteiger partial charge on any atom is 0.257 e. The molecular formula is C28H29BrN4O3S. The van der Waals surface area contributed by atoms with Crippen molar-refractivity contribution in [3.8, 4) is 5.75 Å². The molecule has 0 saturated carbocycles. The zero-order valence-electron chi connectivity index (χ0n) is 20.8. The summed E-state index contributed by atoms with van der Waals surface area (Å²) in [5.74, 6) is 0.459. The Labute approximate surface area is 230 Å². The lowest BCUT2D eigenvalue weighted by molar-refractivity contribution is 0.0746. The van der Waals surface area contributed by atoms with Crippen LogP contribution >= 0.6 is 28.1 Å². The molecule has 0 spiro atoms. The largest absolute Gasteiger partial charge is 0.493 e. The Morgan fingerprint density at radius 1 is 1.00 bits per heavy atom. The number of rotatable bonds is 6. The van der Waals surface area contributed by atoms with Crippen molar-refractivity contribution in [3.05, 3.63) is 87.9 Å². The Hall–Kier alpha value is -3.43. The van der Waals surface area contributed by atoms with Crippen LogP contribution in [0, 0.1) is 6.92 Å². The molecule has 0 atom stereocenters. The fraction of sp³-hybridized carbons (Fsp3) is 0.250. The zero-order valence-corrected chi connectivity index (χ0v) is 23.2. The third-order valence-corrected chi connectivity index (χ3v) is 6.98. The Kier molecular flexibility index (Phi) is 8.78. The fourth-order valence-electron chi connectivity index (χ4n) is 4.16. The Morgan fingerprint density at radius 2 is 1.70 bits per heavy atom. The lowest BCUT2D eigenvalue weighted by Gasteiger charge is -2.36. The molecule has 7 nitrogen and oxygen atoms in total. The van der Waals surface area contributed by atoms with E-state index in [4.69, 9.17) is 17.0 Å². The minimum absolute atomic E-state index is 0.0884. The van der Waals surface area contributed by atoms with Gasteiger partial charge in [-0.25, -0.2) is 0 Å². The number of ether oxygens (including phenoxy) is 1. The number of thiocarbonyl (C=S) groups is 1. The molecule has 4 rings (SSSR count). The second-order valence-electron chi connectivity index (χ2n) is 8.63. The third kappa shape index (κ3) is 6.67. The summed E-state index contributed by atoms with van der Waals surface area (Å²) in [6.45, 7) is 7.28. The summed E-state index contributed by atoms with van der Waals surface area (Å²) in [7, 11) is 0. The van der Waals surface area contributed by atoms with Crippen molar-refractivity contribution in [3.63, 3.8) is 0 Å². The van der Waals surface area contributed by atoms with E-state index in [0.29, 0.717) is 35.5 Å². The molecule has 37 heavy (non-hydrogen) atoms. The molecule has 2 amide bonds. The number of carbonyl (C=O) groups is 2. The first-order chi connectivity index (χ1) is 17.9. The molecule has 1 fully saturated rings. The van der Waals surface area contributed by atoms with Gasteiger partial charge in [0.05, 0.1) is 11.1 Å². The third-order valence-electron chi connectivity index (χ3n) is 6.15. The lowest BCUT2D eigenvalue weighted by atomic mass is 10.1. The van der Waals surface area contributed by atoms with E-state index in [-0.39, 0.29) is 16.9 Å². The minimum Gasteiger partial charge on any atom is -0.493 e. The van der Waals surface area contributed by atoms with E-state index < -0.39 is 0 Å². The van der Waals surface area contributed by atoms with Gasteiger partial charge in [0.25, 0.3) is 11.8 Å². The van der Waals surface area contributed by atoms with E-state index in [0.717, 1.165) is 35.6 Å². The highest BCUT2D eigenvalue weighted by Crippen LogP contribution is 2.26. The number of anilines is 2. The molecule has 2 N–H and O–H groups in total. The van der Waals surface area contributed by atoms with E-state index >= 15 is 0 Å². The highest BCUT2D eigenvalue weighted by Gasteiger charge is 2.23. The van der Waals surface area contributed by atoms with Gasteiger partial charge in [-0.05, 0) is 96.1 Å². The van der Waals surface area contributed by atoms with Crippen LogP contribution in [0.5, 0.6) is 5.75 Å². The normalized spacial score (nSPS) is 13.2. The number of hydrogen-bond donors (Lipinski definition) is 2. The molecule has 1 aliphatic rings. The maximum absolute atomic E-state index is 12.9. The number of hydrogen-bond acceptors (Lipinski definition) is 5. The fourth-order valence-corrected chi connectivity index (χ4v) is 4.86. The maximum atomic E-state index is 12.9. The summed E-state index contributed by atoms with van der Waals surface area (Å²) < 4.78 is 6.19. The van der Waals surface area contributed by atoms with E-state index in [1.165, 1.54) is 0 Å². The summed E-state index contributed by atoms with van der Waals surface area (Å²) in [6.07, 6.45) is 0. The molecule has 0 bridgehead atoms. The quantitative estimate of drug-likeness (QED) is 0.388. The van der Waals surface area contributed by atoms with Gasteiger partial charge in [-0.2, -0.15) is 0 Å². The van der Waals surface area contributed by atoms with E-state index in [9.17, 15) is 9.59 Å². The number of nitrogens with one attached hydrogen (secondary N) is 2. The topological polar surface area (TPSA) is 73.9 Å². The van der Waals surface area contributed by atoms with Crippen LogP contribution in [-0.2, 0) is 0 Å². The number of amides is 2. The standard InChI is InChI=1S/C28H29BrN4O3S/c1-3-36-25-13-8-20(18-24(25)29)26(34)31-28(37)30-21-9-11-22(12-10-21)32-14-16-33(17-15-32)27(35)23-7-5-4-6-19(23)2/h4-13,18H,3,14-17H2,1-2H3,(H2,30,31,34,37). The number of benzene rings is 3. The van der Waals surface area contributed by atoms with Gasteiger partial charge in [0.1, 0.15) is 5.75 Å². The van der Waals surface area contributed by atoms with Gasteiger partial charge in [-0.1, -0.05) is 18.2 Å². The van der Waals surface area contributed by atoms with E-state index in [1.807, 2.05) is 67.3 Å². The molecule has 0 unspecified atom stereocenters. The number of halogens is 1. The molecule has 0 radical (unpaired) electrons. The molecule has 0 aromatic heterocycles. The van der Waals surface area contributed by atoms with Crippen LogP contribution < -0.4 is 20.3 Å². The average molecular weight is 582 g/mol. The van der Waals surface area contributed by atoms with Crippen molar-refractivity contribution in [2.75, 3.05) is 43.0 Å². The number of carbonyl (C=O) groups excluding carboxylic acids is 2. The second-order valence-corrected chi connectivity index (χ2v) is 9.89. The number of aryl methyl sites for hydroxylation is 1. The zero-order chi connectivity index (χ0) is 26.4. The smallest absolute Gasteiger partial charge is 0.257 e. The molecular weight excluding hydrogens is 552 g/mol. The van der Waals surface area contributed by atoms with E-state index in [2.05, 4.69) is 31.5 Å². The van der Waals surface area contributed by atoms with Gasteiger partial charge in [0.2, 0.25) is 0 Å². The predicted molar refractivity (Wildman–Crippen MR) is 155 cm³/mol. The van der Waals surface area contributed by atoms with Crippen LogP contribution in [0.1, 0.15) is 33.2 Å². The summed E-state index contributed by atoms with van der Waals surface area (Å²) >= 11 is 8.75. The highest BCUT2D eigenvalue weighted by molar-refractivity contribution is 9.10. The first kappa shape index (κ1) is 26.6. The lowest BCUT2D eigenvalue weighted by Crippen LogP contribution is -2.48. The van der Waals surface area contributed by atoms with Crippen LogP contribution in [0.25, 0.3) is 0 Å². The van der Waals surface area contributed by atoms with Crippen LogP contribution in [0.4, 0.5) is 11.4 Å². The van der Waals surface area contributed by atoms with Crippen molar-refractivity contribution in [1.82, 2.24) is 10.2 Å². The first-order valence-electron chi connectivity index (χ1n) is 12.1. The number of nitrogens with zero attached hydrogens (tertiary/aromatic N) is 2. The summed E-state index contributed by atoms with van der Waals surface area (Å²) in [4.78, 5) is 29.6. The van der Waals surface area contributed by atoms with Gasteiger partial charge in [0.15, 0.2) is 5.11 Å². The molecule has 1 aliphatic heterocycles. The predicted octanol–water partition coefficient (Wildman–Crippen LogP) is 5.25. The highest BCUT2D eigenvalue weighted by atomic mass is 79.9. The molecule has 1 saturated heterocycles. The van der Waals surface area contributed by atoms with Crippen LogP contribution in [0.3, 0.4) is 0 Å².